The summed E-state index contributed by atoms with van der Waals surface area (Å²) in [6, 6.07) is 0.348. The molecule has 2 rings (SSSR count). The molecule has 0 bridgehead atoms. The average Bonchev–Trinajstić information content (AvgIpc) is 2.99. The van der Waals surface area contributed by atoms with Gasteiger partial charge in [-0.3, -0.25) is 4.79 Å². The smallest absolute Gasteiger partial charge is 0.240 e. The first-order chi connectivity index (χ1) is 7.14. The highest BCUT2D eigenvalue weighted by Crippen LogP contribution is 2.32. The van der Waals surface area contributed by atoms with E-state index >= 15 is 0 Å². The van der Waals surface area contributed by atoms with Crippen LogP contribution in [0.5, 0.6) is 0 Å². The highest BCUT2D eigenvalue weighted by Gasteiger charge is 2.46. The average molecular weight is 284 g/mol. The molecule has 2 aliphatic rings. The second kappa shape index (κ2) is 6.78. The number of nitrogens with one attached hydrogen (secondary N) is 1. The molecule has 0 atom stereocenters. The molecule has 0 aromatic heterocycles. The van der Waals surface area contributed by atoms with Crippen LogP contribution in [0.1, 0.15) is 32.6 Å². The lowest BCUT2D eigenvalue weighted by Gasteiger charge is -2.32. The normalized spacial score (nSPS) is 23.2. The number of carbonyl (C=O) groups is 1. The molecule has 0 aromatic rings. The van der Waals surface area contributed by atoms with E-state index in [0.717, 1.165) is 45.3 Å². The number of hydrogen-bond donors (Lipinski definition) is 2. The predicted molar refractivity (Wildman–Crippen MR) is 73.9 cm³/mol. The summed E-state index contributed by atoms with van der Waals surface area (Å²) in [5, 5.41) is 3.08. The Morgan fingerprint density at radius 1 is 1.35 bits per heavy atom. The van der Waals surface area contributed by atoms with Gasteiger partial charge in [-0.15, -0.1) is 24.8 Å². The van der Waals surface area contributed by atoms with Gasteiger partial charge in [0.05, 0.1) is 5.54 Å². The zero-order chi connectivity index (χ0) is 10.9. The van der Waals surface area contributed by atoms with E-state index in [-0.39, 0.29) is 30.7 Å². The Kier molecular flexibility index (Phi) is 6.77. The van der Waals surface area contributed by atoms with Crippen LogP contribution in [0.25, 0.3) is 0 Å². The van der Waals surface area contributed by atoms with Crippen LogP contribution >= 0.6 is 24.8 Å². The third kappa shape index (κ3) is 4.28. The van der Waals surface area contributed by atoms with Crippen molar-refractivity contribution in [3.05, 3.63) is 0 Å². The molecule has 4 nitrogen and oxygen atoms in total. The predicted octanol–water partition coefficient (Wildman–Crippen LogP) is 0.922. The molecule has 1 aliphatic carbocycles. The van der Waals surface area contributed by atoms with E-state index < -0.39 is 5.54 Å². The van der Waals surface area contributed by atoms with Crippen molar-refractivity contribution in [1.29, 1.82) is 0 Å². The van der Waals surface area contributed by atoms with Gasteiger partial charge in [-0.2, -0.15) is 0 Å². The summed E-state index contributed by atoms with van der Waals surface area (Å²) in [6.45, 7) is 5.48. The number of nitrogens with two attached hydrogens (primary N) is 1. The first-order valence-corrected chi connectivity index (χ1v) is 5.96. The lowest BCUT2D eigenvalue weighted by atomic mass is 10.0. The monoisotopic (exact) mass is 283 g/mol. The minimum absolute atomic E-state index is 0. The maximum atomic E-state index is 11.7. The maximum Gasteiger partial charge on any atom is 0.240 e. The van der Waals surface area contributed by atoms with Crippen molar-refractivity contribution in [3.63, 3.8) is 0 Å². The van der Waals surface area contributed by atoms with Gasteiger partial charge in [0.15, 0.2) is 0 Å². The van der Waals surface area contributed by atoms with Crippen LogP contribution in [0, 0.1) is 0 Å². The molecule has 17 heavy (non-hydrogen) atoms. The highest BCUT2D eigenvalue weighted by atomic mass is 35.5. The van der Waals surface area contributed by atoms with Crippen LogP contribution in [-0.2, 0) is 4.79 Å². The van der Waals surface area contributed by atoms with E-state index in [2.05, 4.69) is 17.1 Å². The number of carbonyl (C=O) groups excluding carboxylic acids is 1. The van der Waals surface area contributed by atoms with E-state index in [1.54, 1.807) is 0 Å². The van der Waals surface area contributed by atoms with Crippen LogP contribution in [0.15, 0.2) is 0 Å². The Morgan fingerprint density at radius 2 is 1.88 bits per heavy atom. The summed E-state index contributed by atoms with van der Waals surface area (Å²) in [4.78, 5) is 14.1. The van der Waals surface area contributed by atoms with Crippen LogP contribution in [0.4, 0.5) is 0 Å². The van der Waals surface area contributed by atoms with E-state index in [9.17, 15) is 4.79 Å². The molecule has 0 unspecified atom stereocenters. The minimum atomic E-state index is -0.512. The largest absolute Gasteiger partial charge is 0.352 e. The molecule has 3 N–H and O–H groups in total. The number of halogens is 2. The molecule has 102 valence electrons. The number of piperidine rings is 1. The van der Waals surface area contributed by atoms with Crippen molar-refractivity contribution in [3.8, 4) is 0 Å². The van der Waals surface area contributed by atoms with Crippen LogP contribution in [0.3, 0.4) is 0 Å². The van der Waals surface area contributed by atoms with Gasteiger partial charge in [-0.1, -0.05) is 6.92 Å². The second-order valence-corrected chi connectivity index (χ2v) is 4.84. The number of amides is 1. The van der Waals surface area contributed by atoms with Gasteiger partial charge in [-0.25, -0.2) is 0 Å². The molecule has 6 heteroatoms. The molecule has 0 aromatic carbocycles. The van der Waals surface area contributed by atoms with Gasteiger partial charge < -0.3 is 16.0 Å². The molecule has 0 spiro atoms. The summed E-state index contributed by atoms with van der Waals surface area (Å²) in [6.07, 6.45) is 3.84. The summed E-state index contributed by atoms with van der Waals surface area (Å²) in [5.41, 5.74) is 5.33. The minimum Gasteiger partial charge on any atom is -0.352 e. The van der Waals surface area contributed by atoms with Gasteiger partial charge in [0.1, 0.15) is 0 Å². The van der Waals surface area contributed by atoms with Gasteiger partial charge in [0.2, 0.25) is 5.91 Å². The lowest BCUT2D eigenvalue weighted by Crippen LogP contribution is -2.50. The van der Waals surface area contributed by atoms with Crippen LogP contribution < -0.4 is 11.1 Å². The highest BCUT2D eigenvalue weighted by molar-refractivity contribution is 5.89. The summed E-state index contributed by atoms with van der Waals surface area (Å²) < 4.78 is 0. The van der Waals surface area contributed by atoms with Crippen molar-refractivity contribution in [2.45, 2.75) is 44.2 Å². The SMILES string of the molecule is CCN1CCC(NC(=O)C2(N)CC2)CC1.Cl.Cl. The van der Waals surface area contributed by atoms with Crippen molar-refractivity contribution < 1.29 is 4.79 Å². The zero-order valence-electron chi connectivity index (χ0n) is 10.3. The van der Waals surface area contributed by atoms with Gasteiger partial charge >= 0.3 is 0 Å². The topological polar surface area (TPSA) is 58.4 Å². The fourth-order valence-corrected chi connectivity index (χ4v) is 2.08. The van der Waals surface area contributed by atoms with Crippen molar-refractivity contribution >= 4 is 30.7 Å². The quantitative estimate of drug-likeness (QED) is 0.810. The second-order valence-electron chi connectivity index (χ2n) is 4.84. The number of likely N-dealkylation sites (tertiary alicyclic amines) is 1. The Balaban J connectivity index is 0.00000128. The summed E-state index contributed by atoms with van der Waals surface area (Å²) >= 11 is 0. The Hall–Kier alpha value is -0.0300. The molecular weight excluding hydrogens is 261 g/mol. The third-order valence-electron chi connectivity index (χ3n) is 3.61. The zero-order valence-corrected chi connectivity index (χ0v) is 11.9. The standard InChI is InChI=1S/C11H21N3O.2ClH/c1-2-14-7-3-9(4-8-14)13-10(15)11(12)5-6-11;;/h9H,2-8,12H2,1H3,(H,13,15);2*1H. The molecule has 2 fully saturated rings. The van der Waals surface area contributed by atoms with E-state index in [4.69, 9.17) is 5.73 Å². The fraction of sp³-hybridized carbons (Fsp3) is 0.909. The van der Waals surface area contributed by atoms with Crippen molar-refractivity contribution in [1.82, 2.24) is 10.2 Å². The molecule has 1 amide bonds. The van der Waals surface area contributed by atoms with Crippen LogP contribution in [0.2, 0.25) is 0 Å². The maximum absolute atomic E-state index is 11.7. The van der Waals surface area contributed by atoms with Gasteiger partial charge in [0.25, 0.3) is 0 Å². The number of nitrogens with zero attached hydrogens (tertiary/aromatic N) is 1. The van der Waals surface area contributed by atoms with Gasteiger partial charge in [0, 0.05) is 19.1 Å². The van der Waals surface area contributed by atoms with Crippen molar-refractivity contribution in [2.75, 3.05) is 19.6 Å². The van der Waals surface area contributed by atoms with Crippen molar-refractivity contribution in [2.24, 2.45) is 5.73 Å². The Morgan fingerprint density at radius 3 is 2.29 bits per heavy atom. The summed E-state index contributed by atoms with van der Waals surface area (Å²) in [7, 11) is 0. The molecular formula is C11H23Cl2N3O. The van der Waals surface area contributed by atoms with E-state index in [1.165, 1.54) is 0 Å². The Bertz CT molecular complexity index is 251. The van der Waals surface area contributed by atoms with E-state index in [1.807, 2.05) is 0 Å². The Labute approximate surface area is 115 Å². The fourth-order valence-electron chi connectivity index (χ4n) is 2.08. The summed E-state index contributed by atoms with van der Waals surface area (Å²) in [5.74, 6) is 0.0671. The molecule has 1 saturated heterocycles. The first-order valence-electron chi connectivity index (χ1n) is 5.96. The number of rotatable bonds is 3. The van der Waals surface area contributed by atoms with Gasteiger partial charge in [-0.05, 0) is 32.2 Å². The molecule has 1 saturated carbocycles. The number of hydrogen-bond acceptors (Lipinski definition) is 3. The van der Waals surface area contributed by atoms with E-state index in [0.29, 0.717) is 6.04 Å². The first kappa shape index (κ1) is 17.0. The molecule has 0 radical (unpaired) electrons. The molecule has 1 heterocycles. The molecule has 1 aliphatic heterocycles. The van der Waals surface area contributed by atoms with Crippen LogP contribution in [-0.4, -0.2) is 42.0 Å². The third-order valence-corrected chi connectivity index (χ3v) is 3.61. The lowest BCUT2D eigenvalue weighted by molar-refractivity contribution is -0.124.